The van der Waals surface area contributed by atoms with Gasteiger partial charge in [-0.3, -0.25) is 4.68 Å². The number of aryl methyl sites for hydroxylation is 1. The molecular formula is C6H12N4O. The second-order valence-corrected chi connectivity index (χ2v) is 2.44. The van der Waals surface area contributed by atoms with Crippen molar-refractivity contribution in [3.8, 4) is 0 Å². The molecule has 0 saturated carbocycles. The molecule has 1 rings (SSSR count). The van der Waals surface area contributed by atoms with Crippen LogP contribution in [-0.2, 0) is 7.05 Å². The molecule has 0 radical (unpaired) electrons. The van der Waals surface area contributed by atoms with E-state index >= 15 is 0 Å². The van der Waals surface area contributed by atoms with Gasteiger partial charge in [-0.15, -0.1) is 5.10 Å². The third-order valence-corrected chi connectivity index (χ3v) is 1.44. The van der Waals surface area contributed by atoms with E-state index in [9.17, 15) is 0 Å². The zero-order valence-electron chi connectivity index (χ0n) is 6.44. The molecule has 0 fully saturated rings. The minimum atomic E-state index is -0.200. The van der Waals surface area contributed by atoms with Crippen molar-refractivity contribution in [3.05, 3.63) is 11.9 Å². The van der Waals surface area contributed by atoms with Crippen LogP contribution in [0, 0.1) is 0 Å². The van der Waals surface area contributed by atoms with Gasteiger partial charge in [0, 0.05) is 19.9 Å². The molecule has 0 unspecified atom stereocenters. The maximum Gasteiger partial charge on any atom is 0.0994 e. The molecule has 1 heterocycles. The molecule has 0 saturated heterocycles. The van der Waals surface area contributed by atoms with E-state index in [-0.39, 0.29) is 12.6 Å². The molecule has 0 aliphatic carbocycles. The fourth-order valence-corrected chi connectivity index (χ4v) is 0.822. The number of nitrogens with two attached hydrogens (primary N) is 1. The maximum atomic E-state index is 8.57. The molecule has 1 aromatic heterocycles. The van der Waals surface area contributed by atoms with Crippen molar-refractivity contribution in [3.63, 3.8) is 0 Å². The first-order valence-electron chi connectivity index (χ1n) is 3.46. The van der Waals surface area contributed by atoms with Gasteiger partial charge in [-0.05, 0) is 6.42 Å². The van der Waals surface area contributed by atoms with Crippen molar-refractivity contribution in [1.29, 1.82) is 0 Å². The number of hydrogen-bond acceptors (Lipinski definition) is 4. The molecule has 5 nitrogen and oxygen atoms in total. The Kier molecular flexibility index (Phi) is 2.56. The van der Waals surface area contributed by atoms with E-state index in [1.807, 2.05) is 0 Å². The van der Waals surface area contributed by atoms with Crippen LogP contribution in [0.1, 0.15) is 18.2 Å². The Hall–Kier alpha value is -0.940. The van der Waals surface area contributed by atoms with Crippen molar-refractivity contribution in [2.24, 2.45) is 12.8 Å². The molecule has 0 bridgehead atoms. The lowest BCUT2D eigenvalue weighted by atomic mass is 10.2. The molecule has 0 amide bonds. The van der Waals surface area contributed by atoms with E-state index in [1.165, 1.54) is 0 Å². The van der Waals surface area contributed by atoms with E-state index in [0.717, 1.165) is 5.69 Å². The summed E-state index contributed by atoms with van der Waals surface area (Å²) in [6, 6.07) is -0.200. The molecule has 0 aliphatic rings. The molecule has 62 valence electrons. The Bertz CT molecular complexity index is 222. The first-order valence-corrected chi connectivity index (χ1v) is 3.46. The molecule has 5 heteroatoms. The van der Waals surface area contributed by atoms with Gasteiger partial charge < -0.3 is 10.8 Å². The van der Waals surface area contributed by atoms with Crippen LogP contribution in [-0.4, -0.2) is 26.7 Å². The van der Waals surface area contributed by atoms with Crippen molar-refractivity contribution < 1.29 is 5.11 Å². The largest absolute Gasteiger partial charge is 0.396 e. The van der Waals surface area contributed by atoms with Crippen LogP contribution in [0.2, 0.25) is 0 Å². The van der Waals surface area contributed by atoms with Gasteiger partial charge in [-0.2, -0.15) is 0 Å². The van der Waals surface area contributed by atoms with Gasteiger partial charge >= 0.3 is 0 Å². The summed E-state index contributed by atoms with van der Waals surface area (Å²) in [6.07, 6.45) is 2.28. The Labute approximate surface area is 64.8 Å². The number of nitrogens with zero attached hydrogens (tertiary/aromatic N) is 3. The molecule has 0 aliphatic heterocycles. The molecular weight excluding hydrogens is 144 g/mol. The van der Waals surface area contributed by atoms with Gasteiger partial charge in [0.05, 0.1) is 11.7 Å². The van der Waals surface area contributed by atoms with Crippen molar-refractivity contribution in [2.75, 3.05) is 6.61 Å². The third kappa shape index (κ3) is 1.99. The summed E-state index contributed by atoms with van der Waals surface area (Å²) in [7, 11) is 1.78. The lowest BCUT2D eigenvalue weighted by Crippen LogP contribution is -2.12. The third-order valence-electron chi connectivity index (χ3n) is 1.44. The Morgan fingerprint density at radius 1 is 1.82 bits per heavy atom. The van der Waals surface area contributed by atoms with E-state index in [0.29, 0.717) is 6.42 Å². The first kappa shape index (κ1) is 8.16. The van der Waals surface area contributed by atoms with Crippen LogP contribution >= 0.6 is 0 Å². The highest BCUT2D eigenvalue weighted by molar-refractivity contribution is 4.98. The van der Waals surface area contributed by atoms with Crippen molar-refractivity contribution >= 4 is 0 Å². The number of aliphatic hydroxyl groups is 1. The molecule has 1 atom stereocenters. The molecule has 1 aromatic rings. The van der Waals surface area contributed by atoms with E-state index in [1.54, 1.807) is 17.9 Å². The van der Waals surface area contributed by atoms with Crippen LogP contribution < -0.4 is 5.73 Å². The van der Waals surface area contributed by atoms with Gasteiger partial charge in [0.2, 0.25) is 0 Å². The zero-order chi connectivity index (χ0) is 8.27. The number of rotatable bonds is 3. The maximum absolute atomic E-state index is 8.57. The highest BCUT2D eigenvalue weighted by Gasteiger charge is 2.07. The van der Waals surface area contributed by atoms with Gasteiger partial charge in [0.1, 0.15) is 0 Å². The van der Waals surface area contributed by atoms with Gasteiger partial charge in [0.25, 0.3) is 0 Å². The summed E-state index contributed by atoms with van der Waals surface area (Å²) in [6.45, 7) is 0.0811. The van der Waals surface area contributed by atoms with Crippen LogP contribution in [0.4, 0.5) is 0 Å². The van der Waals surface area contributed by atoms with Crippen LogP contribution in [0.15, 0.2) is 6.20 Å². The van der Waals surface area contributed by atoms with Crippen molar-refractivity contribution in [1.82, 2.24) is 15.0 Å². The van der Waals surface area contributed by atoms with E-state index in [2.05, 4.69) is 10.3 Å². The summed E-state index contributed by atoms with van der Waals surface area (Å²) in [4.78, 5) is 0. The lowest BCUT2D eigenvalue weighted by molar-refractivity contribution is 0.275. The smallest absolute Gasteiger partial charge is 0.0994 e. The quantitative estimate of drug-likeness (QED) is 0.600. The average molecular weight is 156 g/mol. The predicted octanol–water partition coefficient (Wildman–Crippen LogP) is -0.803. The number of aliphatic hydroxyl groups excluding tert-OH is 1. The normalized spacial score (nSPS) is 13.4. The molecule has 0 spiro atoms. The lowest BCUT2D eigenvalue weighted by Gasteiger charge is -2.03. The van der Waals surface area contributed by atoms with Gasteiger partial charge in [0.15, 0.2) is 0 Å². The minimum Gasteiger partial charge on any atom is -0.396 e. The monoisotopic (exact) mass is 156 g/mol. The van der Waals surface area contributed by atoms with Crippen molar-refractivity contribution in [2.45, 2.75) is 12.5 Å². The fraction of sp³-hybridized carbons (Fsp3) is 0.667. The van der Waals surface area contributed by atoms with Gasteiger partial charge in [-0.1, -0.05) is 5.21 Å². The first-order chi connectivity index (χ1) is 5.24. The van der Waals surface area contributed by atoms with E-state index < -0.39 is 0 Å². The highest BCUT2D eigenvalue weighted by atomic mass is 16.3. The summed E-state index contributed by atoms with van der Waals surface area (Å²) in [5, 5.41) is 16.1. The van der Waals surface area contributed by atoms with Crippen LogP contribution in [0.25, 0.3) is 0 Å². The number of aromatic nitrogens is 3. The SMILES string of the molecule is Cn1cc([C@@H](N)CCO)nn1. The number of hydrogen-bond donors (Lipinski definition) is 2. The highest BCUT2D eigenvalue weighted by Crippen LogP contribution is 2.07. The summed E-state index contributed by atoms with van der Waals surface area (Å²) < 4.78 is 1.59. The molecule has 3 N–H and O–H groups in total. The summed E-state index contributed by atoms with van der Waals surface area (Å²) in [5.41, 5.74) is 6.37. The average Bonchev–Trinajstić information content (AvgIpc) is 2.36. The predicted molar refractivity (Wildman–Crippen MR) is 39.6 cm³/mol. The Balaban J connectivity index is 2.60. The molecule has 0 aromatic carbocycles. The Morgan fingerprint density at radius 2 is 2.55 bits per heavy atom. The summed E-state index contributed by atoms with van der Waals surface area (Å²) >= 11 is 0. The minimum absolute atomic E-state index is 0.0811. The standard InChI is InChI=1S/C6H12N4O/c1-10-4-6(8-9-10)5(7)2-3-11/h4-5,11H,2-3,7H2,1H3/t5-/m0/s1. The van der Waals surface area contributed by atoms with Gasteiger partial charge in [-0.25, -0.2) is 0 Å². The Morgan fingerprint density at radius 3 is 3.00 bits per heavy atom. The fourth-order valence-electron chi connectivity index (χ4n) is 0.822. The van der Waals surface area contributed by atoms with Crippen LogP contribution in [0.5, 0.6) is 0 Å². The second-order valence-electron chi connectivity index (χ2n) is 2.44. The zero-order valence-corrected chi connectivity index (χ0v) is 6.44. The molecule has 11 heavy (non-hydrogen) atoms. The summed E-state index contributed by atoms with van der Waals surface area (Å²) in [5.74, 6) is 0. The van der Waals surface area contributed by atoms with E-state index in [4.69, 9.17) is 10.8 Å². The topological polar surface area (TPSA) is 77.0 Å². The second kappa shape index (κ2) is 3.45. The van der Waals surface area contributed by atoms with Crippen LogP contribution in [0.3, 0.4) is 0 Å².